The summed E-state index contributed by atoms with van der Waals surface area (Å²) < 4.78 is 5.19. The van der Waals surface area contributed by atoms with Gasteiger partial charge in [0.2, 0.25) is 5.91 Å². The number of hydrogen-bond acceptors (Lipinski definition) is 6. The minimum atomic E-state index is -0.604. The predicted octanol–water partition coefficient (Wildman–Crippen LogP) is 4.96. The van der Waals surface area contributed by atoms with E-state index in [0.717, 1.165) is 69.0 Å². The SMILES string of the molecule is CCCCCCN(C(=O)COC(=O)CNC(=O)C1CCCCC1)c1nc(-c2ccccc2)cs1. The molecule has 2 aromatic rings. The number of benzene rings is 1. The molecule has 0 aliphatic heterocycles. The van der Waals surface area contributed by atoms with E-state index < -0.39 is 5.97 Å². The Morgan fingerprint density at radius 3 is 2.59 bits per heavy atom. The van der Waals surface area contributed by atoms with Crippen LogP contribution in [0.1, 0.15) is 64.7 Å². The van der Waals surface area contributed by atoms with Crippen molar-refractivity contribution in [3.8, 4) is 11.3 Å². The molecule has 8 heteroatoms. The molecule has 1 fully saturated rings. The highest BCUT2D eigenvalue weighted by Gasteiger charge is 2.23. The number of ether oxygens (including phenoxy) is 1. The Kier molecular flexibility index (Phi) is 10.5. The second kappa shape index (κ2) is 13.8. The summed E-state index contributed by atoms with van der Waals surface area (Å²) in [7, 11) is 0. The Morgan fingerprint density at radius 2 is 1.85 bits per heavy atom. The summed E-state index contributed by atoms with van der Waals surface area (Å²) in [5, 5.41) is 5.19. The average molecular weight is 486 g/mol. The maximum absolute atomic E-state index is 13.0. The number of carbonyl (C=O) groups excluding carboxylic acids is 3. The number of aromatic nitrogens is 1. The molecule has 1 aromatic heterocycles. The van der Waals surface area contributed by atoms with Crippen LogP contribution in [0.5, 0.6) is 0 Å². The van der Waals surface area contributed by atoms with Crippen LogP contribution >= 0.6 is 11.3 Å². The zero-order valence-corrected chi connectivity index (χ0v) is 20.8. The van der Waals surface area contributed by atoms with Gasteiger partial charge in [-0.1, -0.05) is 75.8 Å². The van der Waals surface area contributed by atoms with Crippen molar-refractivity contribution >= 4 is 34.3 Å². The van der Waals surface area contributed by atoms with Crippen molar-refractivity contribution in [2.75, 3.05) is 24.6 Å². The minimum absolute atomic E-state index is 0.0227. The largest absolute Gasteiger partial charge is 0.454 e. The Bertz CT molecular complexity index is 925. The monoisotopic (exact) mass is 485 g/mol. The lowest BCUT2D eigenvalue weighted by Gasteiger charge is -2.21. The first-order valence-electron chi connectivity index (χ1n) is 12.3. The number of amides is 2. The maximum atomic E-state index is 13.0. The molecule has 0 atom stereocenters. The van der Waals surface area contributed by atoms with Crippen LogP contribution in [0.25, 0.3) is 11.3 Å². The summed E-state index contributed by atoms with van der Waals surface area (Å²) in [5.74, 6) is -1.03. The fraction of sp³-hybridized carbons (Fsp3) is 0.538. The van der Waals surface area contributed by atoms with Crippen LogP contribution in [0.3, 0.4) is 0 Å². The molecule has 0 spiro atoms. The number of esters is 1. The van der Waals surface area contributed by atoms with E-state index in [1.807, 2.05) is 35.7 Å². The van der Waals surface area contributed by atoms with Crippen LogP contribution in [0.2, 0.25) is 0 Å². The molecule has 0 unspecified atom stereocenters. The molecule has 1 aliphatic rings. The smallest absolute Gasteiger partial charge is 0.325 e. The third-order valence-electron chi connectivity index (χ3n) is 6.07. The molecular formula is C26H35N3O4S. The fourth-order valence-corrected chi connectivity index (χ4v) is 4.97. The van der Waals surface area contributed by atoms with E-state index in [-0.39, 0.29) is 30.9 Å². The number of hydrogen-bond donors (Lipinski definition) is 1. The Balaban J connectivity index is 1.54. The van der Waals surface area contributed by atoms with E-state index in [9.17, 15) is 14.4 Å². The molecule has 1 aromatic carbocycles. The molecule has 34 heavy (non-hydrogen) atoms. The molecule has 184 valence electrons. The van der Waals surface area contributed by atoms with Crippen molar-refractivity contribution in [1.29, 1.82) is 0 Å². The number of nitrogens with zero attached hydrogens (tertiary/aromatic N) is 2. The normalized spacial score (nSPS) is 13.9. The van der Waals surface area contributed by atoms with Gasteiger partial charge in [0.1, 0.15) is 6.54 Å². The first kappa shape index (κ1) is 25.9. The van der Waals surface area contributed by atoms with Crippen LogP contribution < -0.4 is 10.2 Å². The molecule has 1 N–H and O–H groups in total. The molecule has 7 nitrogen and oxygen atoms in total. The standard InChI is InChI=1S/C26H35N3O4S/c1-2-3-4-11-16-29(26-28-22(19-34-26)20-12-7-5-8-13-20)23(30)18-33-24(31)17-27-25(32)21-14-9-6-10-15-21/h5,7-8,12-13,19,21H,2-4,6,9-11,14-18H2,1H3,(H,27,32). The van der Waals surface area contributed by atoms with Gasteiger partial charge in [-0.2, -0.15) is 0 Å². The van der Waals surface area contributed by atoms with E-state index in [1.54, 1.807) is 4.90 Å². The van der Waals surface area contributed by atoms with Crippen LogP contribution in [0.4, 0.5) is 5.13 Å². The van der Waals surface area contributed by atoms with E-state index in [0.29, 0.717) is 11.7 Å². The molecule has 0 bridgehead atoms. The molecule has 0 radical (unpaired) electrons. The van der Waals surface area contributed by atoms with Gasteiger partial charge in [0.05, 0.1) is 5.69 Å². The third-order valence-corrected chi connectivity index (χ3v) is 6.93. The quantitative estimate of drug-likeness (QED) is 0.339. The first-order chi connectivity index (χ1) is 16.6. The van der Waals surface area contributed by atoms with Gasteiger partial charge < -0.3 is 10.1 Å². The summed E-state index contributed by atoms with van der Waals surface area (Å²) in [6, 6.07) is 9.82. The number of thiazole rings is 1. The lowest BCUT2D eigenvalue weighted by Crippen LogP contribution is -2.39. The molecule has 1 aliphatic carbocycles. The lowest BCUT2D eigenvalue weighted by molar-refractivity contribution is -0.148. The minimum Gasteiger partial charge on any atom is -0.454 e. The number of unbranched alkanes of at least 4 members (excludes halogenated alkanes) is 3. The zero-order chi connectivity index (χ0) is 24.2. The second-order valence-electron chi connectivity index (χ2n) is 8.70. The average Bonchev–Trinajstić information content (AvgIpc) is 3.37. The molecule has 1 saturated carbocycles. The van der Waals surface area contributed by atoms with E-state index in [1.165, 1.54) is 11.3 Å². The summed E-state index contributed by atoms with van der Waals surface area (Å²) in [6.07, 6.45) is 9.07. The molecule has 2 amide bonds. The Hall–Kier alpha value is -2.74. The molecule has 0 saturated heterocycles. The van der Waals surface area contributed by atoms with Gasteiger partial charge in [0.25, 0.3) is 5.91 Å². The van der Waals surface area contributed by atoms with E-state index in [4.69, 9.17) is 4.74 Å². The number of rotatable bonds is 12. The van der Waals surface area contributed by atoms with Crippen molar-refractivity contribution in [3.63, 3.8) is 0 Å². The van der Waals surface area contributed by atoms with Crippen molar-refractivity contribution < 1.29 is 19.1 Å². The zero-order valence-electron chi connectivity index (χ0n) is 20.0. The van der Waals surface area contributed by atoms with Gasteiger partial charge >= 0.3 is 5.97 Å². The van der Waals surface area contributed by atoms with Gasteiger partial charge in [-0.3, -0.25) is 19.3 Å². The Morgan fingerprint density at radius 1 is 1.09 bits per heavy atom. The summed E-state index contributed by atoms with van der Waals surface area (Å²) in [6.45, 7) is 2.08. The Labute approximate surface area is 205 Å². The summed E-state index contributed by atoms with van der Waals surface area (Å²) >= 11 is 1.41. The maximum Gasteiger partial charge on any atom is 0.325 e. The van der Waals surface area contributed by atoms with Crippen LogP contribution in [-0.2, 0) is 19.1 Å². The van der Waals surface area contributed by atoms with Gasteiger partial charge in [-0.15, -0.1) is 11.3 Å². The summed E-state index contributed by atoms with van der Waals surface area (Å²) in [4.78, 5) is 43.6. The van der Waals surface area contributed by atoms with Crippen molar-refractivity contribution in [1.82, 2.24) is 10.3 Å². The van der Waals surface area contributed by atoms with Gasteiger partial charge in [-0.05, 0) is 19.3 Å². The molecule has 3 rings (SSSR count). The molecule has 1 heterocycles. The number of nitrogens with one attached hydrogen (secondary N) is 1. The second-order valence-corrected chi connectivity index (χ2v) is 9.54. The van der Waals surface area contributed by atoms with Gasteiger partial charge in [0, 0.05) is 23.4 Å². The number of anilines is 1. The van der Waals surface area contributed by atoms with Crippen LogP contribution in [0, 0.1) is 5.92 Å². The van der Waals surface area contributed by atoms with Crippen LogP contribution in [0.15, 0.2) is 35.7 Å². The van der Waals surface area contributed by atoms with Crippen molar-refractivity contribution in [3.05, 3.63) is 35.7 Å². The van der Waals surface area contributed by atoms with Gasteiger partial charge in [-0.25, -0.2) is 4.98 Å². The number of carbonyl (C=O) groups is 3. The summed E-state index contributed by atoms with van der Waals surface area (Å²) in [5.41, 5.74) is 1.80. The van der Waals surface area contributed by atoms with E-state index >= 15 is 0 Å². The van der Waals surface area contributed by atoms with Gasteiger partial charge in [0.15, 0.2) is 11.7 Å². The highest BCUT2D eigenvalue weighted by molar-refractivity contribution is 7.14. The first-order valence-corrected chi connectivity index (χ1v) is 13.2. The highest BCUT2D eigenvalue weighted by Crippen LogP contribution is 2.28. The highest BCUT2D eigenvalue weighted by atomic mass is 32.1. The van der Waals surface area contributed by atoms with Crippen molar-refractivity contribution in [2.45, 2.75) is 64.7 Å². The van der Waals surface area contributed by atoms with E-state index in [2.05, 4.69) is 17.2 Å². The lowest BCUT2D eigenvalue weighted by atomic mass is 9.89. The van der Waals surface area contributed by atoms with Crippen LogP contribution in [-0.4, -0.2) is 42.5 Å². The topological polar surface area (TPSA) is 88.6 Å². The fourth-order valence-electron chi connectivity index (χ4n) is 4.09. The molecular weight excluding hydrogens is 450 g/mol. The third kappa shape index (κ3) is 7.94. The van der Waals surface area contributed by atoms with Crippen molar-refractivity contribution in [2.24, 2.45) is 5.92 Å². The predicted molar refractivity (Wildman–Crippen MR) is 135 cm³/mol.